The van der Waals surface area contributed by atoms with E-state index in [1.54, 1.807) is 12.1 Å². The van der Waals surface area contributed by atoms with Gasteiger partial charge in [-0.1, -0.05) is 30.3 Å². The van der Waals surface area contributed by atoms with E-state index in [2.05, 4.69) is 16.0 Å². The van der Waals surface area contributed by atoms with Crippen LogP contribution in [0, 0.1) is 11.3 Å². The third-order valence-electron chi connectivity index (χ3n) is 3.50. The van der Waals surface area contributed by atoms with Crippen LogP contribution in [0.1, 0.15) is 5.56 Å². The van der Waals surface area contributed by atoms with Crippen LogP contribution in [-0.4, -0.2) is 9.97 Å². The molecule has 0 saturated heterocycles. The van der Waals surface area contributed by atoms with Crippen molar-refractivity contribution in [2.45, 2.75) is 0 Å². The monoisotopic (exact) mass is 305 g/mol. The molecule has 0 unspecified atom stereocenters. The number of hydrogen-bond donors (Lipinski definition) is 0. The first-order valence-corrected chi connectivity index (χ1v) is 6.99. The predicted molar refractivity (Wildman–Crippen MR) is 84.5 cm³/mol. The predicted octanol–water partition coefficient (Wildman–Crippen LogP) is 4.57. The van der Waals surface area contributed by atoms with Gasteiger partial charge in [-0.2, -0.15) is 10.2 Å². The Kier molecular flexibility index (Phi) is 2.81. The summed E-state index contributed by atoms with van der Waals surface area (Å²) in [5, 5.41) is 10.8. The molecule has 0 radical (unpaired) electrons. The van der Waals surface area contributed by atoms with Gasteiger partial charge in [-0.05, 0) is 29.8 Å². The molecule has 0 spiro atoms. The fourth-order valence-corrected chi connectivity index (χ4v) is 2.67. The third kappa shape index (κ3) is 1.92. The lowest BCUT2D eigenvalue weighted by Gasteiger charge is -2.03. The Hall–Kier alpha value is -2.90. The van der Waals surface area contributed by atoms with E-state index < -0.39 is 0 Å². The molecule has 2 aromatic heterocycles. The zero-order valence-corrected chi connectivity index (χ0v) is 12.0. The Morgan fingerprint density at radius 2 is 1.77 bits per heavy atom. The average Bonchev–Trinajstić information content (AvgIpc) is 2.92. The minimum Gasteiger partial charge on any atom is -0.438 e. The number of benzene rings is 2. The quantitative estimate of drug-likeness (QED) is 0.483. The maximum Gasteiger partial charge on any atom is 0.232 e. The van der Waals surface area contributed by atoms with Crippen molar-refractivity contribution >= 4 is 33.7 Å². The van der Waals surface area contributed by atoms with Gasteiger partial charge in [0.25, 0.3) is 0 Å². The molecule has 0 aliphatic carbocycles. The van der Waals surface area contributed by atoms with Gasteiger partial charge in [0.05, 0.1) is 22.7 Å². The molecular formula is C17H8ClN3O. The average molecular weight is 306 g/mol. The highest BCUT2D eigenvalue weighted by atomic mass is 35.5. The number of aromatic nitrogens is 2. The van der Waals surface area contributed by atoms with Crippen molar-refractivity contribution in [1.29, 1.82) is 5.26 Å². The first-order chi connectivity index (χ1) is 10.8. The zero-order chi connectivity index (χ0) is 15.1. The molecule has 0 fully saturated rings. The third-order valence-corrected chi connectivity index (χ3v) is 3.67. The molecule has 0 amide bonds. The van der Waals surface area contributed by atoms with Crippen LogP contribution in [0.25, 0.3) is 33.3 Å². The summed E-state index contributed by atoms with van der Waals surface area (Å²) in [5.41, 5.74) is 3.35. The smallest absolute Gasteiger partial charge is 0.232 e. The van der Waals surface area contributed by atoms with Crippen molar-refractivity contribution in [1.82, 2.24) is 9.97 Å². The summed E-state index contributed by atoms with van der Waals surface area (Å²) in [5.74, 6) is 0. The van der Waals surface area contributed by atoms with Crippen molar-refractivity contribution in [3.63, 3.8) is 0 Å². The van der Waals surface area contributed by atoms with Crippen LogP contribution >= 0.6 is 11.6 Å². The Balaban J connectivity index is 2.09. The number of furan rings is 1. The number of nitrogens with zero attached hydrogens (tertiary/aromatic N) is 3. The van der Waals surface area contributed by atoms with Crippen LogP contribution in [0.4, 0.5) is 0 Å². The molecule has 2 aromatic carbocycles. The lowest BCUT2D eigenvalue weighted by molar-refractivity contribution is 0.653. The van der Waals surface area contributed by atoms with Gasteiger partial charge >= 0.3 is 0 Å². The molecule has 0 N–H and O–H groups in total. The van der Waals surface area contributed by atoms with Gasteiger partial charge in [-0.25, -0.2) is 4.98 Å². The largest absolute Gasteiger partial charge is 0.438 e. The van der Waals surface area contributed by atoms with E-state index in [0.717, 1.165) is 21.9 Å². The Labute approximate surface area is 130 Å². The first kappa shape index (κ1) is 12.8. The van der Waals surface area contributed by atoms with Crippen LogP contribution < -0.4 is 0 Å². The number of rotatable bonds is 1. The highest BCUT2D eigenvalue weighted by Gasteiger charge is 2.16. The number of nitriles is 1. The molecule has 2 heterocycles. The number of halogens is 1. The molecule has 0 aliphatic rings. The van der Waals surface area contributed by atoms with Gasteiger partial charge in [0.1, 0.15) is 5.58 Å². The van der Waals surface area contributed by atoms with E-state index in [-0.39, 0.29) is 5.28 Å². The van der Waals surface area contributed by atoms with E-state index in [9.17, 15) is 0 Å². The lowest BCUT2D eigenvalue weighted by atomic mass is 10.1. The van der Waals surface area contributed by atoms with Gasteiger partial charge in [0.2, 0.25) is 11.0 Å². The minimum absolute atomic E-state index is 0.130. The van der Waals surface area contributed by atoms with Crippen LogP contribution in [0.2, 0.25) is 5.28 Å². The summed E-state index contributed by atoms with van der Waals surface area (Å²) in [6.45, 7) is 0. The molecular weight excluding hydrogens is 298 g/mol. The molecule has 0 aliphatic heterocycles. The highest BCUT2D eigenvalue weighted by molar-refractivity contribution is 6.29. The molecule has 4 aromatic rings. The first-order valence-electron chi connectivity index (χ1n) is 6.61. The topological polar surface area (TPSA) is 62.7 Å². The maximum absolute atomic E-state index is 8.91. The van der Waals surface area contributed by atoms with Crippen LogP contribution in [0.5, 0.6) is 0 Å². The molecule has 0 atom stereocenters. The minimum atomic E-state index is 0.130. The second-order valence-electron chi connectivity index (χ2n) is 4.81. The molecule has 4 nitrogen and oxygen atoms in total. The molecule has 5 heteroatoms. The maximum atomic E-state index is 8.91. The molecule has 4 rings (SSSR count). The van der Waals surface area contributed by atoms with E-state index in [1.807, 2.05) is 36.4 Å². The van der Waals surface area contributed by atoms with Gasteiger partial charge < -0.3 is 4.42 Å². The summed E-state index contributed by atoms with van der Waals surface area (Å²) >= 11 is 6.03. The summed E-state index contributed by atoms with van der Waals surface area (Å²) < 4.78 is 5.75. The van der Waals surface area contributed by atoms with E-state index in [0.29, 0.717) is 17.0 Å². The van der Waals surface area contributed by atoms with Crippen LogP contribution in [-0.2, 0) is 0 Å². The van der Waals surface area contributed by atoms with Gasteiger partial charge in [-0.15, -0.1) is 0 Å². The second-order valence-corrected chi connectivity index (χ2v) is 5.15. The van der Waals surface area contributed by atoms with Crippen molar-refractivity contribution in [3.05, 3.63) is 59.4 Å². The number of fused-ring (bicyclic) bond motifs is 3. The summed E-state index contributed by atoms with van der Waals surface area (Å²) in [6, 6.07) is 17.0. The second kappa shape index (κ2) is 4.83. The fraction of sp³-hybridized carbons (Fsp3) is 0. The molecule has 0 bridgehead atoms. The summed E-state index contributed by atoms with van der Waals surface area (Å²) in [7, 11) is 0. The Morgan fingerprint density at radius 1 is 1.00 bits per heavy atom. The lowest BCUT2D eigenvalue weighted by Crippen LogP contribution is -1.89. The zero-order valence-electron chi connectivity index (χ0n) is 11.2. The van der Waals surface area contributed by atoms with Gasteiger partial charge in [0.15, 0.2) is 0 Å². The standard InChI is InChI=1S/C17H8ClN3O/c18-17-20-15(11-7-5-10(9-19)6-8-11)14-12-3-1-2-4-13(12)22-16(14)21-17/h1-8H. The Bertz CT molecular complexity index is 1050. The number of para-hydroxylation sites is 1. The van der Waals surface area contributed by atoms with E-state index in [1.165, 1.54) is 0 Å². The van der Waals surface area contributed by atoms with Crippen molar-refractivity contribution in [3.8, 4) is 17.3 Å². The Morgan fingerprint density at radius 3 is 2.55 bits per heavy atom. The van der Waals surface area contributed by atoms with Crippen LogP contribution in [0.15, 0.2) is 52.9 Å². The highest BCUT2D eigenvalue weighted by Crippen LogP contribution is 2.35. The summed E-state index contributed by atoms with van der Waals surface area (Å²) in [6.07, 6.45) is 0. The van der Waals surface area contributed by atoms with Crippen molar-refractivity contribution < 1.29 is 4.42 Å². The molecule has 0 saturated carbocycles. The normalized spacial score (nSPS) is 10.9. The van der Waals surface area contributed by atoms with Gasteiger partial charge in [-0.3, -0.25) is 0 Å². The van der Waals surface area contributed by atoms with Gasteiger partial charge in [0, 0.05) is 10.9 Å². The van der Waals surface area contributed by atoms with E-state index >= 15 is 0 Å². The summed E-state index contributed by atoms with van der Waals surface area (Å²) in [4.78, 5) is 8.53. The van der Waals surface area contributed by atoms with Crippen LogP contribution in [0.3, 0.4) is 0 Å². The van der Waals surface area contributed by atoms with Crippen molar-refractivity contribution in [2.24, 2.45) is 0 Å². The van der Waals surface area contributed by atoms with E-state index in [4.69, 9.17) is 21.3 Å². The number of hydrogen-bond acceptors (Lipinski definition) is 4. The van der Waals surface area contributed by atoms with Crippen molar-refractivity contribution in [2.75, 3.05) is 0 Å². The SMILES string of the molecule is N#Cc1ccc(-c2nc(Cl)nc3oc4ccccc4c23)cc1. The molecule has 22 heavy (non-hydrogen) atoms. The molecule has 104 valence electrons. The fourth-order valence-electron chi connectivity index (χ4n) is 2.51.